The number of benzene rings is 1. The minimum absolute atomic E-state index is 0.0231. The first-order valence-corrected chi connectivity index (χ1v) is 3.36. The van der Waals surface area contributed by atoms with Gasteiger partial charge < -0.3 is 5.11 Å². The zero-order valence-corrected chi connectivity index (χ0v) is 6.52. The summed E-state index contributed by atoms with van der Waals surface area (Å²) in [6, 6.07) is 6.06. The molecule has 0 fully saturated rings. The Labute approximate surface area is 69.6 Å². The standard InChI is InChI=1S/C8H8NO3/c1-9(12)7-5-3-2-4-6(7)8(10)11/h2-5H,1H3,(H,10,11). The van der Waals surface area contributed by atoms with Crippen LogP contribution in [0, 0.1) is 0 Å². The summed E-state index contributed by atoms with van der Waals surface area (Å²) in [5.41, 5.74) is 0.194. The maximum absolute atomic E-state index is 10.8. The molecule has 63 valence electrons. The fraction of sp³-hybridized carbons (Fsp3) is 0.125. The Kier molecular flexibility index (Phi) is 2.30. The van der Waals surface area contributed by atoms with Gasteiger partial charge in [0.15, 0.2) is 0 Å². The van der Waals surface area contributed by atoms with Crippen LogP contribution in [0.3, 0.4) is 0 Å². The van der Waals surface area contributed by atoms with Gasteiger partial charge in [0.05, 0.1) is 11.3 Å². The van der Waals surface area contributed by atoms with Crippen molar-refractivity contribution in [1.82, 2.24) is 0 Å². The second-order valence-corrected chi connectivity index (χ2v) is 2.32. The molecule has 0 aliphatic rings. The van der Waals surface area contributed by atoms with Crippen molar-refractivity contribution in [2.75, 3.05) is 12.1 Å². The predicted molar refractivity (Wildman–Crippen MR) is 42.5 cm³/mol. The van der Waals surface area contributed by atoms with Crippen molar-refractivity contribution in [2.24, 2.45) is 0 Å². The predicted octanol–water partition coefficient (Wildman–Crippen LogP) is 1.17. The number of hydrogen-bond acceptors (Lipinski definition) is 2. The lowest BCUT2D eigenvalue weighted by Gasteiger charge is -2.09. The van der Waals surface area contributed by atoms with Gasteiger partial charge in [-0.1, -0.05) is 17.3 Å². The minimum atomic E-state index is -1.09. The van der Waals surface area contributed by atoms with Gasteiger partial charge in [0, 0.05) is 7.05 Å². The number of carbonyl (C=O) groups is 1. The summed E-state index contributed by atoms with van der Waals surface area (Å²) in [5.74, 6) is -1.09. The van der Waals surface area contributed by atoms with Crippen molar-refractivity contribution in [3.05, 3.63) is 29.8 Å². The monoisotopic (exact) mass is 166 g/mol. The Morgan fingerprint density at radius 3 is 2.42 bits per heavy atom. The molecule has 0 saturated heterocycles. The average molecular weight is 166 g/mol. The van der Waals surface area contributed by atoms with Gasteiger partial charge in [-0.2, -0.15) is 0 Å². The molecule has 1 radical (unpaired) electrons. The lowest BCUT2D eigenvalue weighted by molar-refractivity contribution is 0.0693. The third kappa shape index (κ3) is 1.54. The Hall–Kier alpha value is -1.55. The van der Waals surface area contributed by atoms with Gasteiger partial charge in [-0.3, -0.25) is 0 Å². The van der Waals surface area contributed by atoms with Gasteiger partial charge in [0.1, 0.15) is 0 Å². The summed E-state index contributed by atoms with van der Waals surface area (Å²) in [5, 5.41) is 20.0. The SMILES string of the molecule is CN([O])c1ccccc1C(=O)O. The van der Waals surface area contributed by atoms with Crippen LogP contribution in [0.2, 0.25) is 0 Å². The van der Waals surface area contributed by atoms with E-state index in [4.69, 9.17) is 5.11 Å². The zero-order valence-electron chi connectivity index (χ0n) is 6.52. The lowest BCUT2D eigenvalue weighted by atomic mass is 10.2. The number of nitrogens with zero attached hydrogens (tertiary/aromatic N) is 1. The van der Waals surface area contributed by atoms with Crippen LogP contribution in [0.15, 0.2) is 24.3 Å². The van der Waals surface area contributed by atoms with Crippen molar-refractivity contribution in [1.29, 1.82) is 0 Å². The topological polar surface area (TPSA) is 60.4 Å². The summed E-state index contributed by atoms with van der Waals surface area (Å²) < 4.78 is 0. The molecule has 1 aromatic rings. The fourth-order valence-corrected chi connectivity index (χ4v) is 0.929. The van der Waals surface area contributed by atoms with Crippen molar-refractivity contribution in [2.45, 2.75) is 0 Å². The number of para-hydroxylation sites is 1. The molecule has 0 amide bonds. The summed E-state index contributed by atoms with van der Waals surface area (Å²) in [6.07, 6.45) is 0. The maximum Gasteiger partial charge on any atom is 0.337 e. The van der Waals surface area contributed by atoms with Crippen LogP contribution in [0.1, 0.15) is 10.4 Å². The molecule has 0 unspecified atom stereocenters. The lowest BCUT2D eigenvalue weighted by Crippen LogP contribution is -2.12. The third-order valence-electron chi connectivity index (χ3n) is 1.47. The van der Waals surface area contributed by atoms with E-state index in [9.17, 15) is 10.0 Å². The summed E-state index contributed by atoms with van der Waals surface area (Å²) in [7, 11) is 1.27. The van der Waals surface area contributed by atoms with Crippen molar-refractivity contribution in [3.63, 3.8) is 0 Å². The molecule has 0 aromatic heterocycles. The van der Waals surface area contributed by atoms with Gasteiger partial charge in [-0.15, -0.1) is 0 Å². The Morgan fingerprint density at radius 1 is 1.42 bits per heavy atom. The van der Waals surface area contributed by atoms with E-state index in [2.05, 4.69) is 0 Å². The van der Waals surface area contributed by atoms with Crippen LogP contribution in [0.25, 0.3) is 0 Å². The van der Waals surface area contributed by atoms with Crippen molar-refractivity contribution >= 4 is 11.7 Å². The zero-order chi connectivity index (χ0) is 9.14. The molecule has 0 spiro atoms. The van der Waals surface area contributed by atoms with E-state index in [0.29, 0.717) is 5.06 Å². The number of anilines is 1. The van der Waals surface area contributed by atoms with Gasteiger partial charge in [0.25, 0.3) is 0 Å². The highest BCUT2D eigenvalue weighted by Gasteiger charge is 2.11. The largest absolute Gasteiger partial charge is 0.478 e. The van der Waals surface area contributed by atoms with Crippen molar-refractivity contribution < 1.29 is 15.1 Å². The smallest absolute Gasteiger partial charge is 0.337 e. The molecule has 1 N–H and O–H groups in total. The second kappa shape index (κ2) is 3.23. The molecule has 0 heterocycles. The molecule has 4 nitrogen and oxygen atoms in total. The Morgan fingerprint density at radius 2 is 2.00 bits per heavy atom. The summed E-state index contributed by atoms with van der Waals surface area (Å²) >= 11 is 0. The van der Waals surface area contributed by atoms with Crippen LogP contribution >= 0.6 is 0 Å². The molecular weight excluding hydrogens is 158 g/mol. The Balaban J connectivity index is 3.17. The van der Waals surface area contributed by atoms with Crippen molar-refractivity contribution in [3.8, 4) is 0 Å². The molecule has 1 aromatic carbocycles. The van der Waals surface area contributed by atoms with Crippen LogP contribution in [0.5, 0.6) is 0 Å². The molecule has 0 bridgehead atoms. The highest BCUT2D eigenvalue weighted by atomic mass is 16.5. The molecule has 0 saturated carbocycles. The molecule has 0 atom stereocenters. The number of hydrogen-bond donors (Lipinski definition) is 1. The first kappa shape index (κ1) is 8.55. The number of hydroxylamine groups is 1. The third-order valence-corrected chi connectivity index (χ3v) is 1.47. The van der Waals surface area contributed by atoms with Gasteiger partial charge >= 0.3 is 5.97 Å². The Bertz CT molecular complexity index is 296. The number of carboxylic acid groups (broad SMARTS) is 1. The average Bonchev–Trinajstić information content (AvgIpc) is 2.04. The minimum Gasteiger partial charge on any atom is -0.478 e. The van der Waals surface area contributed by atoms with Crippen LogP contribution < -0.4 is 5.06 Å². The summed E-state index contributed by atoms with van der Waals surface area (Å²) in [6.45, 7) is 0. The quantitative estimate of drug-likeness (QED) is 0.671. The van der Waals surface area contributed by atoms with E-state index in [1.165, 1.54) is 19.2 Å². The van der Waals surface area contributed by atoms with E-state index >= 15 is 0 Å². The van der Waals surface area contributed by atoms with E-state index < -0.39 is 5.97 Å². The number of aromatic carboxylic acids is 1. The van der Waals surface area contributed by atoms with E-state index in [1.54, 1.807) is 12.1 Å². The van der Waals surface area contributed by atoms with Crippen LogP contribution in [-0.4, -0.2) is 18.1 Å². The highest BCUT2D eigenvalue weighted by molar-refractivity contribution is 5.94. The molecule has 12 heavy (non-hydrogen) atoms. The van der Waals surface area contributed by atoms with E-state index in [1.807, 2.05) is 0 Å². The highest BCUT2D eigenvalue weighted by Crippen LogP contribution is 2.17. The molecule has 1 rings (SSSR count). The van der Waals surface area contributed by atoms with E-state index in [-0.39, 0.29) is 11.3 Å². The first-order chi connectivity index (χ1) is 5.63. The summed E-state index contributed by atoms with van der Waals surface area (Å²) in [4.78, 5) is 10.6. The van der Waals surface area contributed by atoms with Gasteiger partial charge in [-0.25, -0.2) is 9.86 Å². The number of rotatable bonds is 2. The van der Waals surface area contributed by atoms with Crippen LogP contribution in [-0.2, 0) is 5.21 Å². The molecular formula is C8H8NO3. The first-order valence-electron chi connectivity index (χ1n) is 3.36. The molecule has 0 aliphatic carbocycles. The fourth-order valence-electron chi connectivity index (χ4n) is 0.929. The van der Waals surface area contributed by atoms with E-state index in [0.717, 1.165) is 0 Å². The normalized spacial score (nSPS) is 9.50. The molecule has 4 heteroatoms. The number of carboxylic acids is 1. The maximum atomic E-state index is 10.8. The second-order valence-electron chi connectivity index (χ2n) is 2.32. The van der Waals surface area contributed by atoms with Gasteiger partial charge in [-0.05, 0) is 12.1 Å². The molecule has 0 aliphatic heterocycles. The van der Waals surface area contributed by atoms with Gasteiger partial charge in [0.2, 0.25) is 0 Å². The van der Waals surface area contributed by atoms with Crippen LogP contribution in [0.4, 0.5) is 5.69 Å².